The number of carbonyl (C=O) groups is 1. The first-order valence-electron chi connectivity index (χ1n) is 7.89. The van der Waals surface area contributed by atoms with Crippen molar-refractivity contribution in [3.8, 4) is 0 Å². The molecule has 1 aliphatic carbocycles. The van der Waals surface area contributed by atoms with Gasteiger partial charge in [0.15, 0.2) is 5.78 Å². The minimum atomic E-state index is 0.181. The molecular formula is C19H19NOS. The molecule has 1 fully saturated rings. The number of hydrogen-bond donors (Lipinski definition) is 0. The Bertz CT molecular complexity index is 771. The summed E-state index contributed by atoms with van der Waals surface area (Å²) in [6, 6.07) is 10.1. The summed E-state index contributed by atoms with van der Waals surface area (Å²) < 4.78 is 0. The molecule has 0 spiro atoms. The van der Waals surface area contributed by atoms with Gasteiger partial charge in [0.2, 0.25) is 0 Å². The van der Waals surface area contributed by atoms with Crippen LogP contribution in [0, 0.1) is 0 Å². The number of ketones is 1. The van der Waals surface area contributed by atoms with E-state index in [1.807, 2.05) is 23.6 Å². The number of thiophene rings is 1. The van der Waals surface area contributed by atoms with Crippen LogP contribution in [0.15, 0.2) is 41.4 Å². The molecule has 2 aliphatic rings. The van der Waals surface area contributed by atoms with Crippen molar-refractivity contribution >= 4 is 22.7 Å². The lowest BCUT2D eigenvalue weighted by Gasteiger charge is -2.30. The second kappa shape index (κ2) is 5.40. The van der Waals surface area contributed by atoms with Crippen LogP contribution in [0.25, 0.3) is 5.57 Å². The highest BCUT2D eigenvalue weighted by Gasteiger charge is 2.27. The molecule has 3 heteroatoms. The molecule has 1 aliphatic heterocycles. The van der Waals surface area contributed by atoms with Crippen molar-refractivity contribution in [1.29, 1.82) is 0 Å². The van der Waals surface area contributed by atoms with E-state index >= 15 is 0 Å². The molecule has 0 radical (unpaired) electrons. The number of nitrogens with zero attached hydrogens (tertiary/aromatic N) is 1. The van der Waals surface area contributed by atoms with E-state index in [-0.39, 0.29) is 5.78 Å². The monoisotopic (exact) mass is 309 g/mol. The molecule has 2 aromatic rings. The summed E-state index contributed by atoms with van der Waals surface area (Å²) in [5.74, 6) is 0.181. The Balaban J connectivity index is 1.97. The number of fused-ring (bicyclic) bond motifs is 2. The van der Waals surface area contributed by atoms with Gasteiger partial charge < -0.3 is 4.90 Å². The Morgan fingerprint density at radius 3 is 2.68 bits per heavy atom. The quantitative estimate of drug-likeness (QED) is 0.720. The number of hydrogen-bond acceptors (Lipinski definition) is 3. The zero-order valence-electron chi connectivity index (χ0n) is 12.8. The Kier molecular flexibility index (Phi) is 3.38. The SMILES string of the molecule is CN1CCCCC1=C1Cc2sccc2C(=O)c2ccccc21. The van der Waals surface area contributed by atoms with Gasteiger partial charge in [-0.15, -0.1) is 11.3 Å². The number of piperidine rings is 1. The summed E-state index contributed by atoms with van der Waals surface area (Å²) >= 11 is 1.71. The average Bonchev–Trinajstić information content (AvgIpc) is 2.97. The molecule has 1 aromatic heterocycles. The summed E-state index contributed by atoms with van der Waals surface area (Å²) in [6.45, 7) is 1.12. The van der Waals surface area contributed by atoms with Crippen LogP contribution in [0.2, 0.25) is 0 Å². The molecule has 1 aromatic carbocycles. The summed E-state index contributed by atoms with van der Waals surface area (Å²) in [7, 11) is 2.19. The molecule has 0 N–H and O–H groups in total. The van der Waals surface area contributed by atoms with E-state index in [1.165, 1.54) is 29.0 Å². The number of likely N-dealkylation sites (tertiary alicyclic amines) is 1. The summed E-state index contributed by atoms with van der Waals surface area (Å²) in [5, 5.41) is 2.05. The molecule has 22 heavy (non-hydrogen) atoms. The predicted molar refractivity (Wildman–Crippen MR) is 91.3 cm³/mol. The van der Waals surface area contributed by atoms with Crippen molar-refractivity contribution in [2.45, 2.75) is 25.7 Å². The molecule has 0 unspecified atom stereocenters. The molecule has 112 valence electrons. The van der Waals surface area contributed by atoms with Crippen molar-refractivity contribution in [2.24, 2.45) is 0 Å². The maximum atomic E-state index is 12.9. The van der Waals surface area contributed by atoms with E-state index in [4.69, 9.17) is 0 Å². The van der Waals surface area contributed by atoms with Crippen LogP contribution in [0.1, 0.15) is 45.6 Å². The third-order valence-corrected chi connectivity index (χ3v) is 5.71. The second-order valence-corrected chi connectivity index (χ2v) is 7.11. The van der Waals surface area contributed by atoms with E-state index < -0.39 is 0 Å². The van der Waals surface area contributed by atoms with Crippen LogP contribution in [-0.2, 0) is 6.42 Å². The molecule has 2 heterocycles. The smallest absolute Gasteiger partial charge is 0.194 e. The van der Waals surface area contributed by atoms with E-state index in [9.17, 15) is 4.79 Å². The van der Waals surface area contributed by atoms with Gasteiger partial charge in [0.05, 0.1) is 0 Å². The highest BCUT2D eigenvalue weighted by molar-refractivity contribution is 7.10. The highest BCUT2D eigenvalue weighted by Crippen LogP contribution is 2.38. The highest BCUT2D eigenvalue weighted by atomic mass is 32.1. The van der Waals surface area contributed by atoms with Gasteiger partial charge in [0, 0.05) is 41.7 Å². The van der Waals surface area contributed by atoms with Crippen molar-refractivity contribution in [2.75, 3.05) is 13.6 Å². The first-order chi connectivity index (χ1) is 10.8. The van der Waals surface area contributed by atoms with Crippen molar-refractivity contribution in [1.82, 2.24) is 4.90 Å². The van der Waals surface area contributed by atoms with E-state index in [0.717, 1.165) is 36.1 Å². The number of carbonyl (C=O) groups excluding carboxylic acids is 1. The fourth-order valence-corrected chi connectivity index (χ4v) is 4.51. The van der Waals surface area contributed by atoms with Gasteiger partial charge in [-0.2, -0.15) is 0 Å². The Morgan fingerprint density at radius 1 is 1.05 bits per heavy atom. The molecule has 2 nitrogen and oxygen atoms in total. The van der Waals surface area contributed by atoms with Crippen LogP contribution in [0.3, 0.4) is 0 Å². The summed E-state index contributed by atoms with van der Waals surface area (Å²) in [6.07, 6.45) is 4.51. The van der Waals surface area contributed by atoms with Gasteiger partial charge in [0.1, 0.15) is 0 Å². The van der Waals surface area contributed by atoms with Crippen LogP contribution >= 0.6 is 11.3 Å². The zero-order chi connectivity index (χ0) is 15.1. The maximum Gasteiger partial charge on any atom is 0.194 e. The fraction of sp³-hybridized carbons (Fsp3) is 0.316. The molecule has 1 saturated heterocycles. The van der Waals surface area contributed by atoms with Gasteiger partial charge in [-0.05, 0) is 41.8 Å². The Morgan fingerprint density at radius 2 is 1.86 bits per heavy atom. The van der Waals surface area contributed by atoms with E-state index in [2.05, 4.69) is 24.1 Å². The average molecular weight is 309 g/mol. The second-order valence-electron chi connectivity index (χ2n) is 6.11. The van der Waals surface area contributed by atoms with Crippen LogP contribution < -0.4 is 0 Å². The molecule has 0 atom stereocenters. The number of rotatable bonds is 0. The molecular weight excluding hydrogens is 290 g/mol. The van der Waals surface area contributed by atoms with Crippen molar-refractivity contribution < 1.29 is 4.79 Å². The fourth-order valence-electron chi connectivity index (χ4n) is 3.63. The van der Waals surface area contributed by atoms with Crippen molar-refractivity contribution in [3.05, 3.63) is 63.0 Å². The lowest BCUT2D eigenvalue weighted by molar-refractivity contribution is 0.103. The number of allylic oxidation sites excluding steroid dienone is 2. The molecule has 0 saturated carbocycles. The van der Waals surface area contributed by atoms with Gasteiger partial charge in [0.25, 0.3) is 0 Å². The first kappa shape index (κ1) is 13.8. The normalized spacial score (nSPS) is 21.3. The topological polar surface area (TPSA) is 20.3 Å². The third-order valence-electron chi connectivity index (χ3n) is 4.79. The van der Waals surface area contributed by atoms with Crippen LogP contribution in [0.4, 0.5) is 0 Å². The lowest BCUT2D eigenvalue weighted by Crippen LogP contribution is -2.25. The minimum absolute atomic E-state index is 0.181. The summed E-state index contributed by atoms with van der Waals surface area (Å²) in [5.41, 5.74) is 5.67. The lowest BCUT2D eigenvalue weighted by atomic mass is 9.92. The van der Waals surface area contributed by atoms with Gasteiger partial charge >= 0.3 is 0 Å². The largest absolute Gasteiger partial charge is 0.378 e. The van der Waals surface area contributed by atoms with E-state index in [1.54, 1.807) is 11.3 Å². The molecule has 0 amide bonds. The minimum Gasteiger partial charge on any atom is -0.378 e. The third kappa shape index (κ3) is 2.12. The van der Waals surface area contributed by atoms with Gasteiger partial charge in [-0.1, -0.05) is 24.3 Å². The molecule has 4 rings (SSSR count). The van der Waals surface area contributed by atoms with Gasteiger partial charge in [-0.3, -0.25) is 4.79 Å². The summed E-state index contributed by atoms with van der Waals surface area (Å²) in [4.78, 5) is 16.5. The van der Waals surface area contributed by atoms with E-state index in [0.29, 0.717) is 0 Å². The van der Waals surface area contributed by atoms with Crippen molar-refractivity contribution in [3.63, 3.8) is 0 Å². The predicted octanol–water partition coefficient (Wildman–Crippen LogP) is 4.36. The van der Waals surface area contributed by atoms with Crippen LogP contribution in [0.5, 0.6) is 0 Å². The first-order valence-corrected chi connectivity index (χ1v) is 8.77. The Hall–Kier alpha value is -1.87. The zero-order valence-corrected chi connectivity index (χ0v) is 13.6. The van der Waals surface area contributed by atoms with Crippen LogP contribution in [-0.4, -0.2) is 24.3 Å². The number of benzene rings is 1. The molecule has 0 bridgehead atoms. The Labute approximate surface area is 135 Å². The van der Waals surface area contributed by atoms with Gasteiger partial charge in [-0.25, -0.2) is 0 Å². The maximum absolute atomic E-state index is 12.9. The standard InChI is InChI=1S/C19H19NOS/c1-20-10-5-4-8-17(20)16-12-18-15(9-11-22-18)19(21)14-7-3-2-6-13(14)16/h2-3,6-7,9,11H,4-5,8,10,12H2,1H3.